The van der Waals surface area contributed by atoms with Gasteiger partial charge in [0.25, 0.3) is 0 Å². The Morgan fingerprint density at radius 1 is 1.10 bits per heavy atom. The molecule has 8 heteroatoms. The smallest absolute Gasteiger partial charge is 0.179 e. The first-order chi connectivity index (χ1) is 14.3. The van der Waals surface area contributed by atoms with Crippen molar-refractivity contribution in [2.75, 3.05) is 24.2 Å². The van der Waals surface area contributed by atoms with Crippen molar-refractivity contribution in [3.8, 4) is 11.5 Å². The number of amidine groups is 1. The molecule has 0 aromatic heterocycles. The van der Waals surface area contributed by atoms with E-state index in [2.05, 4.69) is 23.9 Å². The number of nitrogens with zero attached hydrogens (tertiary/aromatic N) is 2. The first kappa shape index (κ1) is 23.5. The Morgan fingerprint density at radius 3 is 2.20 bits per heavy atom. The number of ether oxygens (including phenoxy) is 1. The first-order valence-corrected chi connectivity index (χ1v) is 12.0. The number of anilines is 1. The van der Waals surface area contributed by atoms with E-state index in [9.17, 15) is 8.42 Å². The zero-order chi connectivity index (χ0) is 22.1. The number of nitrogens with two attached hydrogens (primary N) is 1. The van der Waals surface area contributed by atoms with Crippen LogP contribution >= 0.6 is 0 Å². The second-order valence-electron chi connectivity index (χ2n) is 7.19. The topological polar surface area (TPSA) is 105 Å². The molecule has 0 aliphatic carbocycles. The summed E-state index contributed by atoms with van der Waals surface area (Å²) in [6.45, 7) is 5.69. The molecule has 0 saturated carbocycles. The Morgan fingerprint density at radius 2 is 1.70 bits per heavy atom. The van der Waals surface area contributed by atoms with Crippen LogP contribution in [0.25, 0.3) is 0 Å². The lowest BCUT2D eigenvalue weighted by Gasteiger charge is -2.28. The van der Waals surface area contributed by atoms with Gasteiger partial charge in [-0.25, -0.2) is 8.42 Å². The number of sulfone groups is 1. The number of unbranched alkanes of at least 4 members (excludes halogenated alkanes) is 2. The van der Waals surface area contributed by atoms with Gasteiger partial charge in [-0.05, 0) is 37.1 Å². The van der Waals surface area contributed by atoms with Crippen LogP contribution in [0.3, 0.4) is 0 Å². The molecule has 0 bridgehead atoms. The monoisotopic (exact) mass is 433 g/mol. The van der Waals surface area contributed by atoms with Crippen molar-refractivity contribution in [1.82, 2.24) is 0 Å². The maximum Gasteiger partial charge on any atom is 0.179 e. The summed E-state index contributed by atoms with van der Waals surface area (Å²) in [4.78, 5) is 2.12. The largest absolute Gasteiger partial charge is 0.454 e. The minimum absolute atomic E-state index is 0.00319. The van der Waals surface area contributed by atoms with Gasteiger partial charge in [-0.2, -0.15) is 0 Å². The van der Waals surface area contributed by atoms with Gasteiger partial charge in [0.1, 0.15) is 10.6 Å². The Bertz CT molecular complexity index is 952. The average Bonchev–Trinajstić information content (AvgIpc) is 2.73. The van der Waals surface area contributed by atoms with Crippen LogP contribution < -0.4 is 15.4 Å². The van der Waals surface area contributed by atoms with Crippen molar-refractivity contribution in [2.45, 2.75) is 44.4 Å². The molecule has 0 unspecified atom stereocenters. The molecule has 2 aromatic carbocycles. The van der Waals surface area contributed by atoms with Gasteiger partial charge in [0.2, 0.25) is 0 Å². The van der Waals surface area contributed by atoms with E-state index in [4.69, 9.17) is 15.7 Å². The Hall–Kier alpha value is -2.74. The van der Waals surface area contributed by atoms with Crippen LogP contribution in [0.4, 0.5) is 5.69 Å². The van der Waals surface area contributed by atoms with Crippen molar-refractivity contribution in [3.63, 3.8) is 0 Å². The summed E-state index contributed by atoms with van der Waals surface area (Å²) in [6.07, 6.45) is 5.00. The molecule has 3 N–H and O–H groups in total. The third kappa shape index (κ3) is 6.13. The number of hydrogen-bond acceptors (Lipinski definition) is 6. The average molecular weight is 434 g/mol. The molecule has 0 radical (unpaired) electrons. The lowest BCUT2D eigenvalue weighted by molar-refractivity contribution is 0.318. The predicted molar refractivity (Wildman–Crippen MR) is 121 cm³/mol. The summed E-state index contributed by atoms with van der Waals surface area (Å²) in [5.74, 6) is 0.634. The minimum Gasteiger partial charge on any atom is -0.454 e. The molecular formula is C22H31N3O4S. The van der Waals surface area contributed by atoms with Gasteiger partial charge >= 0.3 is 0 Å². The van der Waals surface area contributed by atoms with Crippen LogP contribution in [0.15, 0.2) is 52.5 Å². The molecule has 0 saturated heterocycles. The Kier molecular flexibility index (Phi) is 8.53. The van der Waals surface area contributed by atoms with Crippen LogP contribution in [-0.2, 0) is 9.84 Å². The van der Waals surface area contributed by atoms with Crippen molar-refractivity contribution >= 4 is 21.4 Å². The zero-order valence-electron chi connectivity index (χ0n) is 17.8. The number of benzene rings is 2. The van der Waals surface area contributed by atoms with Crippen LogP contribution in [0.1, 0.15) is 45.1 Å². The van der Waals surface area contributed by atoms with E-state index >= 15 is 0 Å². The zero-order valence-corrected chi connectivity index (χ0v) is 18.7. The van der Waals surface area contributed by atoms with Gasteiger partial charge in [-0.3, -0.25) is 0 Å². The quantitative estimate of drug-likeness (QED) is 0.236. The van der Waals surface area contributed by atoms with E-state index in [0.717, 1.165) is 45.0 Å². The molecule has 7 nitrogen and oxygen atoms in total. The van der Waals surface area contributed by atoms with Gasteiger partial charge in [0, 0.05) is 24.9 Å². The highest BCUT2D eigenvalue weighted by molar-refractivity contribution is 7.90. The summed E-state index contributed by atoms with van der Waals surface area (Å²) in [7, 11) is -3.66. The van der Waals surface area contributed by atoms with Crippen LogP contribution in [-0.4, -0.2) is 38.8 Å². The highest BCUT2D eigenvalue weighted by Crippen LogP contribution is 2.40. The van der Waals surface area contributed by atoms with E-state index in [0.29, 0.717) is 17.0 Å². The van der Waals surface area contributed by atoms with Crippen molar-refractivity contribution in [3.05, 3.63) is 48.0 Å². The molecule has 0 heterocycles. The second-order valence-corrected chi connectivity index (χ2v) is 9.17. The second kappa shape index (κ2) is 10.9. The first-order valence-electron chi connectivity index (χ1n) is 10.2. The van der Waals surface area contributed by atoms with E-state index in [1.807, 2.05) is 18.2 Å². The molecule has 0 aliphatic heterocycles. The van der Waals surface area contributed by atoms with Crippen LogP contribution in [0.5, 0.6) is 11.5 Å². The van der Waals surface area contributed by atoms with E-state index in [-0.39, 0.29) is 16.5 Å². The Balaban J connectivity index is 2.75. The van der Waals surface area contributed by atoms with Crippen LogP contribution in [0, 0.1) is 0 Å². The third-order valence-corrected chi connectivity index (χ3v) is 5.81. The SMILES string of the molecule is CCCCN(CCCC)c1cc(C(N)=NO)cc(S(C)(=O)=O)c1Oc1ccccc1. The molecule has 0 fully saturated rings. The summed E-state index contributed by atoms with van der Waals surface area (Å²) in [5, 5.41) is 12.2. The molecule has 0 aliphatic rings. The fourth-order valence-electron chi connectivity index (χ4n) is 3.06. The van der Waals surface area contributed by atoms with E-state index in [1.165, 1.54) is 6.07 Å². The lowest BCUT2D eigenvalue weighted by Crippen LogP contribution is -2.27. The fraction of sp³-hybridized carbons (Fsp3) is 0.409. The molecule has 2 rings (SSSR count). The number of rotatable bonds is 11. The van der Waals surface area contributed by atoms with Gasteiger partial charge < -0.3 is 20.6 Å². The lowest BCUT2D eigenvalue weighted by atomic mass is 10.1. The fourth-order valence-corrected chi connectivity index (χ4v) is 3.89. The highest BCUT2D eigenvalue weighted by atomic mass is 32.2. The normalized spacial score (nSPS) is 12.0. The summed E-state index contributed by atoms with van der Waals surface area (Å²) >= 11 is 0. The summed E-state index contributed by atoms with van der Waals surface area (Å²) in [6, 6.07) is 12.2. The maximum atomic E-state index is 12.7. The third-order valence-electron chi connectivity index (χ3n) is 4.71. The Labute approximate surface area is 179 Å². The number of para-hydroxylation sites is 1. The molecule has 2 aromatic rings. The van der Waals surface area contributed by atoms with E-state index < -0.39 is 9.84 Å². The van der Waals surface area contributed by atoms with Gasteiger partial charge in [0.15, 0.2) is 21.4 Å². The molecule has 0 spiro atoms. The number of oxime groups is 1. The number of hydrogen-bond donors (Lipinski definition) is 2. The predicted octanol–water partition coefficient (Wildman–Crippen LogP) is 4.38. The molecule has 30 heavy (non-hydrogen) atoms. The maximum absolute atomic E-state index is 12.7. The van der Waals surface area contributed by atoms with Crippen molar-refractivity contribution < 1.29 is 18.4 Å². The van der Waals surface area contributed by atoms with E-state index in [1.54, 1.807) is 18.2 Å². The standard InChI is InChI=1S/C22H31N3O4S/c1-4-6-13-25(14-7-5-2)19-15-17(22(23)24-26)16-20(30(3,27)28)21(19)29-18-11-9-8-10-12-18/h8-12,15-16,26H,4-7,13-14H2,1-3H3,(H2,23,24). The minimum atomic E-state index is -3.66. The summed E-state index contributed by atoms with van der Waals surface area (Å²) in [5.41, 5.74) is 6.77. The van der Waals surface area contributed by atoms with Crippen molar-refractivity contribution in [1.29, 1.82) is 0 Å². The summed E-state index contributed by atoms with van der Waals surface area (Å²) < 4.78 is 31.4. The van der Waals surface area contributed by atoms with Gasteiger partial charge in [0.05, 0.1) is 5.69 Å². The van der Waals surface area contributed by atoms with Gasteiger partial charge in [-0.15, -0.1) is 0 Å². The highest BCUT2D eigenvalue weighted by Gasteiger charge is 2.25. The van der Waals surface area contributed by atoms with Crippen LogP contribution in [0.2, 0.25) is 0 Å². The molecular weight excluding hydrogens is 402 g/mol. The molecule has 0 atom stereocenters. The van der Waals surface area contributed by atoms with Crippen molar-refractivity contribution in [2.24, 2.45) is 10.9 Å². The molecule has 0 amide bonds. The molecule has 164 valence electrons. The van der Waals surface area contributed by atoms with Gasteiger partial charge in [-0.1, -0.05) is 50.0 Å².